The van der Waals surface area contributed by atoms with E-state index < -0.39 is 0 Å². The maximum atomic E-state index is 4.06. The van der Waals surface area contributed by atoms with E-state index in [1.54, 1.807) is 0 Å². The zero-order valence-corrected chi connectivity index (χ0v) is 5.70. The molecule has 1 aliphatic heterocycles. The van der Waals surface area contributed by atoms with Crippen LogP contribution in [0.25, 0.3) is 0 Å². The van der Waals surface area contributed by atoms with Crippen molar-refractivity contribution in [1.29, 1.82) is 0 Å². The fourth-order valence-corrected chi connectivity index (χ4v) is 0.778. The van der Waals surface area contributed by atoms with E-state index in [0.717, 1.165) is 11.2 Å². The third kappa shape index (κ3) is 0.911. The van der Waals surface area contributed by atoms with E-state index in [1.807, 2.05) is 6.92 Å². The zero-order valence-electron chi connectivity index (χ0n) is 4.11. The molecule has 1 rings (SSSR count). The Morgan fingerprint density at radius 2 is 2.57 bits per heavy atom. The van der Waals surface area contributed by atoms with Crippen molar-refractivity contribution in [2.75, 3.05) is 6.54 Å². The van der Waals surface area contributed by atoms with Crippen molar-refractivity contribution in [3.8, 4) is 0 Å². The molecule has 0 radical (unpaired) electrons. The van der Waals surface area contributed by atoms with Gasteiger partial charge in [-0.05, 0) is 28.4 Å². The van der Waals surface area contributed by atoms with Crippen LogP contribution in [-0.4, -0.2) is 11.2 Å². The fourth-order valence-electron chi connectivity index (χ4n) is 0.472. The Bertz CT molecular complexity index is 119. The summed E-state index contributed by atoms with van der Waals surface area (Å²) < 4.78 is 1.01. The molecule has 0 aromatic carbocycles. The lowest BCUT2D eigenvalue weighted by atomic mass is 10.3. The van der Waals surface area contributed by atoms with E-state index in [-0.39, 0.29) is 0 Å². The summed E-state index contributed by atoms with van der Waals surface area (Å²) in [6.07, 6.45) is 2.09. The van der Waals surface area contributed by atoms with Crippen LogP contribution in [0.4, 0.5) is 0 Å². The minimum Gasteiger partial charge on any atom is -0.273 e. The Labute approximate surface area is 51.3 Å². The molecule has 1 heterocycles. The molecule has 0 N–H and O–H groups in total. The molecule has 0 amide bonds. The lowest BCUT2D eigenvalue weighted by Gasteiger charge is -1.82. The predicted molar refractivity (Wildman–Crippen MR) is 35.0 cm³/mol. The molecule has 0 bridgehead atoms. The first-order chi connectivity index (χ1) is 3.30. The quantitative estimate of drug-likeness (QED) is 0.511. The summed E-state index contributed by atoms with van der Waals surface area (Å²) in [4.78, 5) is 4.06. The number of halogens is 1. The van der Waals surface area contributed by atoms with Crippen molar-refractivity contribution in [2.45, 2.75) is 6.92 Å². The van der Waals surface area contributed by atoms with Crippen molar-refractivity contribution in [1.82, 2.24) is 0 Å². The summed E-state index contributed by atoms with van der Waals surface area (Å²) in [7, 11) is 0. The Hall–Kier alpha value is -0.110. The van der Waals surface area contributed by atoms with E-state index in [9.17, 15) is 0 Å². The molecule has 0 unspecified atom stereocenters. The molecular formula is C5H6BrN. The largest absolute Gasteiger partial charge is 0.273 e. The smallest absolute Gasteiger partial charge is 0.103 e. The van der Waals surface area contributed by atoms with Crippen molar-refractivity contribution in [2.24, 2.45) is 4.99 Å². The highest BCUT2D eigenvalue weighted by atomic mass is 79.9. The summed E-state index contributed by atoms with van der Waals surface area (Å²) >= 11 is 3.29. The predicted octanol–water partition coefficient (Wildman–Crippen LogP) is 1.74. The Morgan fingerprint density at radius 1 is 1.86 bits per heavy atom. The summed E-state index contributed by atoms with van der Waals surface area (Å²) in [5, 5.41) is 0. The van der Waals surface area contributed by atoms with Gasteiger partial charge in [0.2, 0.25) is 0 Å². The second-order valence-corrected chi connectivity index (χ2v) is 2.27. The molecule has 7 heavy (non-hydrogen) atoms. The van der Waals surface area contributed by atoms with Crippen LogP contribution >= 0.6 is 15.9 Å². The van der Waals surface area contributed by atoms with Crippen molar-refractivity contribution in [3.05, 3.63) is 11.6 Å². The summed E-state index contributed by atoms with van der Waals surface area (Å²) in [5.74, 6) is 0. The standard InChI is InChI=1S/C5H6BrN/c1-4-2-3-7-5(4)6/h2H,3H2,1H3. The minimum atomic E-state index is 0.854. The van der Waals surface area contributed by atoms with Gasteiger partial charge in [0.25, 0.3) is 0 Å². The van der Waals surface area contributed by atoms with Gasteiger partial charge in [0.1, 0.15) is 4.62 Å². The molecule has 38 valence electrons. The molecule has 1 nitrogen and oxygen atoms in total. The van der Waals surface area contributed by atoms with Crippen molar-refractivity contribution < 1.29 is 0 Å². The van der Waals surface area contributed by atoms with E-state index in [1.165, 1.54) is 5.57 Å². The molecule has 0 atom stereocenters. The molecule has 2 heteroatoms. The van der Waals surface area contributed by atoms with Crippen LogP contribution in [-0.2, 0) is 0 Å². The summed E-state index contributed by atoms with van der Waals surface area (Å²) in [6.45, 7) is 2.90. The highest BCUT2D eigenvalue weighted by molar-refractivity contribution is 9.18. The summed E-state index contributed by atoms with van der Waals surface area (Å²) in [6, 6.07) is 0. The lowest BCUT2D eigenvalue weighted by Crippen LogP contribution is -1.78. The molecule has 0 aromatic rings. The van der Waals surface area contributed by atoms with Gasteiger partial charge in [-0.3, -0.25) is 4.99 Å². The number of rotatable bonds is 0. The first kappa shape index (κ1) is 5.04. The Balaban J connectivity index is 2.78. The Kier molecular flexibility index (Phi) is 1.28. The van der Waals surface area contributed by atoms with Crippen LogP contribution in [0, 0.1) is 0 Å². The van der Waals surface area contributed by atoms with E-state index in [2.05, 4.69) is 27.0 Å². The van der Waals surface area contributed by atoms with E-state index >= 15 is 0 Å². The number of aliphatic imine (C=N–C) groups is 1. The third-order valence-electron chi connectivity index (χ3n) is 0.953. The molecular weight excluding hydrogens is 154 g/mol. The maximum absolute atomic E-state index is 4.06. The first-order valence-electron chi connectivity index (χ1n) is 2.18. The van der Waals surface area contributed by atoms with Crippen LogP contribution in [0.5, 0.6) is 0 Å². The summed E-state index contributed by atoms with van der Waals surface area (Å²) in [5.41, 5.74) is 1.25. The fraction of sp³-hybridized carbons (Fsp3) is 0.400. The number of hydrogen-bond acceptors (Lipinski definition) is 1. The number of nitrogens with zero attached hydrogens (tertiary/aromatic N) is 1. The molecule has 0 saturated heterocycles. The first-order valence-corrected chi connectivity index (χ1v) is 2.97. The third-order valence-corrected chi connectivity index (χ3v) is 1.83. The molecule has 0 spiro atoms. The Morgan fingerprint density at radius 3 is 2.71 bits per heavy atom. The van der Waals surface area contributed by atoms with Gasteiger partial charge in [0.15, 0.2) is 0 Å². The van der Waals surface area contributed by atoms with Crippen LogP contribution in [0.1, 0.15) is 6.92 Å². The van der Waals surface area contributed by atoms with Gasteiger partial charge < -0.3 is 0 Å². The topological polar surface area (TPSA) is 12.4 Å². The van der Waals surface area contributed by atoms with Crippen LogP contribution < -0.4 is 0 Å². The van der Waals surface area contributed by atoms with Crippen molar-refractivity contribution in [3.63, 3.8) is 0 Å². The van der Waals surface area contributed by atoms with Crippen LogP contribution in [0.2, 0.25) is 0 Å². The lowest BCUT2D eigenvalue weighted by molar-refractivity contribution is 1.29. The number of hydrogen-bond donors (Lipinski definition) is 0. The molecule has 1 aliphatic rings. The minimum absolute atomic E-state index is 0.854. The average Bonchev–Trinajstić information content (AvgIpc) is 1.91. The van der Waals surface area contributed by atoms with Gasteiger partial charge >= 0.3 is 0 Å². The number of allylic oxidation sites excluding steroid dienone is 1. The molecule has 0 aliphatic carbocycles. The maximum Gasteiger partial charge on any atom is 0.103 e. The second-order valence-electron chi connectivity index (χ2n) is 1.52. The highest BCUT2D eigenvalue weighted by Gasteiger charge is 1.99. The van der Waals surface area contributed by atoms with Gasteiger partial charge in [0, 0.05) is 0 Å². The molecule has 0 aromatic heterocycles. The SMILES string of the molecule is CC1=CCN=C1Br. The average molecular weight is 160 g/mol. The van der Waals surface area contributed by atoms with E-state index in [0.29, 0.717) is 0 Å². The van der Waals surface area contributed by atoms with E-state index in [4.69, 9.17) is 0 Å². The molecule has 0 fully saturated rings. The van der Waals surface area contributed by atoms with Crippen molar-refractivity contribution >= 4 is 20.6 Å². The van der Waals surface area contributed by atoms with Crippen LogP contribution in [0.3, 0.4) is 0 Å². The van der Waals surface area contributed by atoms with Gasteiger partial charge in [0.05, 0.1) is 6.54 Å². The second kappa shape index (κ2) is 1.78. The van der Waals surface area contributed by atoms with Gasteiger partial charge in [-0.15, -0.1) is 0 Å². The van der Waals surface area contributed by atoms with Crippen LogP contribution in [0.15, 0.2) is 16.6 Å². The van der Waals surface area contributed by atoms with Gasteiger partial charge in [-0.2, -0.15) is 0 Å². The zero-order chi connectivity index (χ0) is 5.28. The highest BCUT2D eigenvalue weighted by Crippen LogP contribution is 2.09. The monoisotopic (exact) mass is 159 g/mol. The van der Waals surface area contributed by atoms with Gasteiger partial charge in [-0.1, -0.05) is 6.08 Å². The van der Waals surface area contributed by atoms with Gasteiger partial charge in [-0.25, -0.2) is 0 Å². The molecule has 0 saturated carbocycles. The normalized spacial score (nSPS) is 19.1.